The number of aryl methyl sites for hydroxylation is 2. The molecule has 132 valence electrons. The van der Waals surface area contributed by atoms with Crippen molar-refractivity contribution in [2.75, 3.05) is 18.4 Å². The van der Waals surface area contributed by atoms with Crippen molar-refractivity contribution in [3.05, 3.63) is 54.1 Å². The molecule has 1 aromatic heterocycles. The second kappa shape index (κ2) is 6.12. The normalized spacial score (nSPS) is 17.0. The average molecular weight is 347 g/mol. The van der Waals surface area contributed by atoms with Gasteiger partial charge in [-0.1, -0.05) is 24.3 Å². The fourth-order valence-electron chi connectivity index (χ4n) is 4.29. The number of benzene rings is 2. The van der Waals surface area contributed by atoms with Gasteiger partial charge in [-0.25, -0.2) is 14.5 Å². The summed E-state index contributed by atoms with van der Waals surface area (Å²) in [5, 5.41) is 9.84. The largest absolute Gasteiger partial charge is 0.324 e. The number of rotatable bonds is 2. The molecule has 0 atom stereocenters. The number of aromatic nitrogens is 3. The SMILES string of the molecule is O=C(Nc1ccc2c3c(cccc13)CC2)N1CCC(n2cncn2)CC1. The number of hydrogen-bond acceptors (Lipinski definition) is 3. The predicted molar refractivity (Wildman–Crippen MR) is 100 cm³/mol. The fraction of sp³-hybridized carbons (Fsp3) is 0.350. The molecule has 3 aromatic rings. The van der Waals surface area contributed by atoms with Gasteiger partial charge >= 0.3 is 6.03 Å². The highest BCUT2D eigenvalue weighted by Crippen LogP contribution is 2.35. The molecule has 2 aromatic carbocycles. The van der Waals surface area contributed by atoms with Crippen LogP contribution in [0.4, 0.5) is 10.5 Å². The third-order valence-electron chi connectivity index (χ3n) is 5.68. The minimum Gasteiger partial charge on any atom is -0.324 e. The van der Waals surface area contributed by atoms with Gasteiger partial charge in [0.05, 0.1) is 11.7 Å². The summed E-state index contributed by atoms with van der Waals surface area (Å²) in [5.41, 5.74) is 3.69. The number of carbonyl (C=O) groups is 1. The maximum absolute atomic E-state index is 12.8. The van der Waals surface area contributed by atoms with Crippen molar-refractivity contribution in [3.63, 3.8) is 0 Å². The van der Waals surface area contributed by atoms with Crippen LogP contribution < -0.4 is 5.32 Å². The number of likely N-dealkylation sites (tertiary alicyclic amines) is 1. The first-order valence-corrected chi connectivity index (χ1v) is 9.23. The number of nitrogens with zero attached hydrogens (tertiary/aromatic N) is 4. The summed E-state index contributed by atoms with van der Waals surface area (Å²) in [7, 11) is 0. The lowest BCUT2D eigenvalue weighted by molar-refractivity contribution is 0.180. The van der Waals surface area contributed by atoms with Gasteiger partial charge in [-0.3, -0.25) is 0 Å². The van der Waals surface area contributed by atoms with Crippen LogP contribution in [0.1, 0.15) is 30.0 Å². The van der Waals surface area contributed by atoms with E-state index in [4.69, 9.17) is 0 Å². The Morgan fingerprint density at radius 1 is 1.08 bits per heavy atom. The Labute approximate surface area is 151 Å². The molecule has 2 heterocycles. The van der Waals surface area contributed by atoms with Crippen LogP contribution in [0.3, 0.4) is 0 Å². The van der Waals surface area contributed by atoms with E-state index in [-0.39, 0.29) is 6.03 Å². The summed E-state index contributed by atoms with van der Waals surface area (Å²) in [6.45, 7) is 1.47. The summed E-state index contributed by atoms with van der Waals surface area (Å²) < 4.78 is 1.90. The molecule has 1 fully saturated rings. The van der Waals surface area contributed by atoms with Crippen molar-refractivity contribution in [2.45, 2.75) is 31.7 Å². The molecule has 0 unspecified atom stereocenters. The third-order valence-corrected chi connectivity index (χ3v) is 5.68. The highest BCUT2D eigenvalue weighted by molar-refractivity contribution is 6.04. The minimum atomic E-state index is -0.0132. The number of hydrogen-bond donors (Lipinski definition) is 1. The Morgan fingerprint density at radius 2 is 1.88 bits per heavy atom. The maximum atomic E-state index is 12.8. The first-order valence-electron chi connectivity index (χ1n) is 9.23. The van der Waals surface area contributed by atoms with Gasteiger partial charge < -0.3 is 10.2 Å². The van der Waals surface area contributed by atoms with Crippen molar-refractivity contribution in [1.29, 1.82) is 0 Å². The van der Waals surface area contributed by atoms with Gasteiger partial charge in [-0.2, -0.15) is 5.10 Å². The van der Waals surface area contributed by atoms with Crippen LogP contribution in [0.15, 0.2) is 43.0 Å². The van der Waals surface area contributed by atoms with Gasteiger partial charge in [0.25, 0.3) is 0 Å². The van der Waals surface area contributed by atoms with Gasteiger partial charge in [0.1, 0.15) is 12.7 Å². The van der Waals surface area contributed by atoms with Crippen molar-refractivity contribution in [2.24, 2.45) is 0 Å². The van der Waals surface area contributed by atoms with E-state index < -0.39 is 0 Å². The zero-order valence-electron chi connectivity index (χ0n) is 14.6. The van der Waals surface area contributed by atoms with E-state index in [0.717, 1.165) is 49.8 Å². The second-order valence-corrected chi connectivity index (χ2v) is 7.14. The second-order valence-electron chi connectivity index (χ2n) is 7.14. The standard InChI is InChI=1S/C20H21N5O/c26-20(24-10-8-16(9-11-24)25-13-21-12-22-25)23-18-7-6-15-5-4-14-2-1-3-17(18)19(14)15/h1-3,6-7,12-13,16H,4-5,8-11H2,(H,23,26). The van der Waals surface area contributed by atoms with Crippen LogP contribution in [0.25, 0.3) is 10.8 Å². The van der Waals surface area contributed by atoms with Crippen LogP contribution in [0, 0.1) is 0 Å². The fourth-order valence-corrected chi connectivity index (χ4v) is 4.29. The number of amides is 2. The monoisotopic (exact) mass is 347 g/mol. The van der Waals surface area contributed by atoms with Gasteiger partial charge in [-0.05, 0) is 48.3 Å². The van der Waals surface area contributed by atoms with E-state index in [1.165, 1.54) is 16.5 Å². The van der Waals surface area contributed by atoms with E-state index in [1.807, 2.05) is 15.6 Å². The first-order chi connectivity index (χ1) is 12.8. The van der Waals surface area contributed by atoms with Crippen LogP contribution >= 0.6 is 0 Å². The Kier molecular flexibility index (Phi) is 3.62. The molecule has 5 rings (SSSR count). The number of urea groups is 1. The third kappa shape index (κ3) is 2.53. The molecule has 1 N–H and O–H groups in total. The molecule has 1 aliphatic heterocycles. The lowest BCUT2D eigenvalue weighted by Crippen LogP contribution is -2.41. The van der Waals surface area contributed by atoms with E-state index in [0.29, 0.717) is 6.04 Å². The number of nitrogens with one attached hydrogen (secondary N) is 1. The van der Waals surface area contributed by atoms with Crippen LogP contribution in [-0.2, 0) is 12.8 Å². The minimum absolute atomic E-state index is 0.0132. The lowest BCUT2D eigenvalue weighted by Gasteiger charge is -2.32. The molecule has 6 heteroatoms. The molecule has 0 radical (unpaired) electrons. The predicted octanol–water partition coefficient (Wildman–Crippen LogP) is 3.40. The van der Waals surface area contributed by atoms with Crippen LogP contribution in [0.5, 0.6) is 0 Å². The van der Waals surface area contributed by atoms with E-state index in [2.05, 4.69) is 39.7 Å². The Bertz CT molecular complexity index is 947. The Morgan fingerprint density at radius 3 is 2.65 bits per heavy atom. The summed E-state index contributed by atoms with van der Waals surface area (Å²) >= 11 is 0. The lowest BCUT2D eigenvalue weighted by atomic mass is 10.0. The molecule has 2 amide bonds. The maximum Gasteiger partial charge on any atom is 0.321 e. The van der Waals surface area contributed by atoms with Gasteiger partial charge in [0, 0.05) is 18.5 Å². The quantitative estimate of drug-likeness (QED) is 0.773. The van der Waals surface area contributed by atoms with E-state index in [1.54, 1.807) is 12.7 Å². The molecule has 0 spiro atoms. The highest BCUT2D eigenvalue weighted by Gasteiger charge is 2.25. The number of anilines is 1. The molecular weight excluding hydrogens is 326 g/mol. The topological polar surface area (TPSA) is 63.1 Å². The van der Waals surface area contributed by atoms with E-state index in [9.17, 15) is 4.79 Å². The molecule has 0 saturated carbocycles. The molecule has 0 bridgehead atoms. The molecular formula is C20H21N5O. The highest BCUT2D eigenvalue weighted by atomic mass is 16.2. The van der Waals surface area contributed by atoms with Gasteiger partial charge in [0.15, 0.2) is 0 Å². The zero-order valence-corrected chi connectivity index (χ0v) is 14.6. The Hall–Kier alpha value is -2.89. The Balaban J connectivity index is 1.32. The number of carbonyl (C=O) groups excluding carboxylic acids is 1. The zero-order chi connectivity index (χ0) is 17.5. The van der Waals surface area contributed by atoms with Crippen molar-refractivity contribution in [3.8, 4) is 0 Å². The smallest absolute Gasteiger partial charge is 0.321 e. The van der Waals surface area contributed by atoms with Crippen molar-refractivity contribution >= 4 is 22.5 Å². The first kappa shape index (κ1) is 15.4. The molecule has 1 saturated heterocycles. The molecule has 1 aliphatic carbocycles. The summed E-state index contributed by atoms with van der Waals surface area (Å²) in [6.07, 6.45) is 7.32. The summed E-state index contributed by atoms with van der Waals surface area (Å²) in [4.78, 5) is 18.7. The molecule has 2 aliphatic rings. The molecule has 6 nitrogen and oxygen atoms in total. The average Bonchev–Trinajstić information content (AvgIpc) is 3.35. The summed E-state index contributed by atoms with van der Waals surface area (Å²) in [5.74, 6) is 0. The van der Waals surface area contributed by atoms with Crippen LogP contribution in [-0.4, -0.2) is 38.8 Å². The summed E-state index contributed by atoms with van der Waals surface area (Å²) in [6, 6.07) is 10.9. The van der Waals surface area contributed by atoms with Gasteiger partial charge in [-0.15, -0.1) is 0 Å². The van der Waals surface area contributed by atoms with Crippen molar-refractivity contribution < 1.29 is 4.79 Å². The van der Waals surface area contributed by atoms with Crippen LogP contribution in [0.2, 0.25) is 0 Å². The molecule has 26 heavy (non-hydrogen) atoms. The van der Waals surface area contributed by atoms with Gasteiger partial charge in [0.2, 0.25) is 0 Å². The van der Waals surface area contributed by atoms with E-state index >= 15 is 0 Å². The number of piperidine rings is 1. The van der Waals surface area contributed by atoms with Crippen molar-refractivity contribution in [1.82, 2.24) is 19.7 Å².